The van der Waals surface area contributed by atoms with E-state index in [1.807, 2.05) is 0 Å². The lowest BCUT2D eigenvalue weighted by molar-refractivity contribution is -0.143. The standard InChI is InChI=1S/C19H16ClF3N4O2/c20-13-3-5-14(6-4-13)29-16-8-7-15(17(26-16)19(21,22)23)18(9-28,12-1-2-12)27-11-24-10-25-27/h3-8,10-12,28H,1-2,9H2/t18-/m0/s1. The van der Waals surface area contributed by atoms with Crippen molar-refractivity contribution >= 4 is 11.6 Å². The predicted molar refractivity (Wildman–Crippen MR) is 97.7 cm³/mol. The molecule has 1 aliphatic carbocycles. The first kappa shape index (κ1) is 19.7. The summed E-state index contributed by atoms with van der Waals surface area (Å²) in [7, 11) is 0. The molecule has 4 rings (SSSR count). The third-order valence-electron chi connectivity index (χ3n) is 4.96. The maximum atomic E-state index is 13.9. The van der Waals surface area contributed by atoms with Gasteiger partial charge in [0, 0.05) is 16.7 Å². The van der Waals surface area contributed by atoms with Gasteiger partial charge in [0.15, 0.2) is 5.69 Å². The number of pyridine rings is 1. The molecular weight excluding hydrogens is 409 g/mol. The van der Waals surface area contributed by atoms with E-state index in [0.29, 0.717) is 23.6 Å². The highest BCUT2D eigenvalue weighted by atomic mass is 35.5. The first-order valence-corrected chi connectivity index (χ1v) is 9.20. The lowest BCUT2D eigenvalue weighted by Crippen LogP contribution is -2.43. The molecule has 152 valence electrons. The average Bonchev–Trinajstić information content (AvgIpc) is 3.39. The summed E-state index contributed by atoms with van der Waals surface area (Å²) < 4.78 is 48.6. The minimum absolute atomic E-state index is 0.163. The summed E-state index contributed by atoms with van der Waals surface area (Å²) in [4.78, 5) is 7.59. The normalized spacial score (nSPS) is 16.4. The van der Waals surface area contributed by atoms with Gasteiger partial charge in [0.2, 0.25) is 5.88 Å². The van der Waals surface area contributed by atoms with Gasteiger partial charge >= 0.3 is 6.18 Å². The minimum Gasteiger partial charge on any atom is -0.439 e. The molecule has 0 unspecified atom stereocenters. The number of rotatable bonds is 6. The van der Waals surface area contributed by atoms with Gasteiger partial charge in [-0.25, -0.2) is 14.6 Å². The van der Waals surface area contributed by atoms with Gasteiger partial charge in [-0.3, -0.25) is 0 Å². The summed E-state index contributed by atoms with van der Waals surface area (Å²) in [6.45, 7) is -0.566. The Morgan fingerprint density at radius 2 is 1.86 bits per heavy atom. The summed E-state index contributed by atoms with van der Waals surface area (Å²) in [6, 6.07) is 8.82. The predicted octanol–water partition coefficient (Wildman–Crippen LogP) is 4.28. The zero-order valence-electron chi connectivity index (χ0n) is 15.0. The van der Waals surface area contributed by atoms with E-state index in [1.54, 1.807) is 12.1 Å². The van der Waals surface area contributed by atoms with Crippen LogP contribution in [0.15, 0.2) is 49.1 Å². The molecule has 1 aromatic carbocycles. The van der Waals surface area contributed by atoms with Crippen molar-refractivity contribution in [3.05, 3.63) is 65.3 Å². The molecule has 1 atom stereocenters. The minimum atomic E-state index is -4.76. The van der Waals surface area contributed by atoms with Gasteiger partial charge in [-0.15, -0.1) is 0 Å². The molecule has 2 aromatic heterocycles. The molecular formula is C19H16ClF3N4O2. The van der Waals surface area contributed by atoms with Crippen LogP contribution in [-0.4, -0.2) is 31.5 Å². The van der Waals surface area contributed by atoms with Crippen LogP contribution in [0.3, 0.4) is 0 Å². The van der Waals surface area contributed by atoms with Gasteiger partial charge in [-0.2, -0.15) is 18.3 Å². The molecule has 1 aliphatic rings. The summed E-state index contributed by atoms with van der Waals surface area (Å²) in [5.41, 5.74) is -2.68. The fourth-order valence-electron chi connectivity index (χ4n) is 3.48. The molecule has 1 fully saturated rings. The largest absolute Gasteiger partial charge is 0.439 e. The van der Waals surface area contributed by atoms with E-state index >= 15 is 0 Å². The van der Waals surface area contributed by atoms with E-state index < -0.39 is 24.0 Å². The van der Waals surface area contributed by atoms with Crippen LogP contribution in [0, 0.1) is 5.92 Å². The topological polar surface area (TPSA) is 73.1 Å². The molecule has 0 aliphatic heterocycles. The van der Waals surface area contributed by atoms with Gasteiger partial charge in [0.1, 0.15) is 23.9 Å². The zero-order chi connectivity index (χ0) is 20.6. The van der Waals surface area contributed by atoms with Gasteiger partial charge in [0.25, 0.3) is 0 Å². The van der Waals surface area contributed by atoms with Crippen molar-refractivity contribution in [2.75, 3.05) is 6.61 Å². The van der Waals surface area contributed by atoms with Crippen LogP contribution < -0.4 is 4.74 Å². The number of alkyl halides is 3. The molecule has 1 N–H and O–H groups in total. The highest BCUT2D eigenvalue weighted by Gasteiger charge is 2.53. The molecule has 10 heteroatoms. The molecule has 0 amide bonds. The van der Waals surface area contributed by atoms with Crippen molar-refractivity contribution in [2.24, 2.45) is 5.92 Å². The van der Waals surface area contributed by atoms with Crippen LogP contribution in [-0.2, 0) is 11.7 Å². The third-order valence-corrected chi connectivity index (χ3v) is 5.21. The number of nitrogens with zero attached hydrogens (tertiary/aromatic N) is 4. The second-order valence-corrected chi connectivity index (χ2v) is 7.23. The number of aliphatic hydroxyl groups is 1. The van der Waals surface area contributed by atoms with Crippen molar-refractivity contribution < 1.29 is 23.0 Å². The van der Waals surface area contributed by atoms with E-state index in [1.165, 1.54) is 41.6 Å². The Bertz CT molecular complexity index is 992. The molecule has 0 spiro atoms. The van der Waals surface area contributed by atoms with Crippen LogP contribution in [0.2, 0.25) is 5.02 Å². The van der Waals surface area contributed by atoms with Crippen molar-refractivity contribution in [2.45, 2.75) is 24.6 Å². The Balaban J connectivity index is 1.81. The summed E-state index contributed by atoms with van der Waals surface area (Å²) >= 11 is 5.81. The van der Waals surface area contributed by atoms with Crippen molar-refractivity contribution in [3.8, 4) is 11.6 Å². The highest BCUT2D eigenvalue weighted by Crippen LogP contribution is 2.50. The van der Waals surface area contributed by atoms with Crippen molar-refractivity contribution in [3.63, 3.8) is 0 Å². The van der Waals surface area contributed by atoms with Crippen molar-refractivity contribution in [1.29, 1.82) is 0 Å². The maximum absolute atomic E-state index is 13.9. The molecule has 29 heavy (non-hydrogen) atoms. The van der Waals surface area contributed by atoms with E-state index in [2.05, 4.69) is 15.1 Å². The first-order valence-electron chi connectivity index (χ1n) is 8.82. The summed E-state index contributed by atoms with van der Waals surface area (Å²) in [6.07, 6.45) is -0.885. The third kappa shape index (κ3) is 3.67. The SMILES string of the molecule is OC[C@@](c1ccc(Oc2ccc(Cl)cc2)nc1C(F)(F)F)(C1CC1)n1cncn1. The van der Waals surface area contributed by atoms with Gasteiger partial charge in [-0.05, 0) is 49.1 Å². The Labute approximate surface area is 168 Å². The van der Waals surface area contributed by atoms with E-state index in [-0.39, 0.29) is 17.4 Å². The van der Waals surface area contributed by atoms with Crippen LogP contribution in [0.1, 0.15) is 24.1 Å². The molecule has 3 aromatic rings. The molecule has 0 radical (unpaired) electrons. The second kappa shape index (κ2) is 7.31. The van der Waals surface area contributed by atoms with Crippen molar-refractivity contribution in [1.82, 2.24) is 19.7 Å². The Morgan fingerprint density at radius 3 is 2.41 bits per heavy atom. The van der Waals surface area contributed by atoms with E-state index in [4.69, 9.17) is 16.3 Å². The van der Waals surface area contributed by atoms with Crippen LogP contribution in [0.25, 0.3) is 0 Å². The smallest absolute Gasteiger partial charge is 0.433 e. The number of aliphatic hydroxyl groups excluding tert-OH is 1. The Morgan fingerprint density at radius 1 is 1.14 bits per heavy atom. The summed E-state index contributed by atoms with van der Waals surface area (Å²) in [5, 5.41) is 14.7. The van der Waals surface area contributed by atoms with Crippen LogP contribution in [0.5, 0.6) is 11.6 Å². The molecule has 1 saturated carbocycles. The Kier molecular flexibility index (Phi) is 4.95. The number of hydrogen-bond donors (Lipinski definition) is 1. The average molecular weight is 425 g/mol. The number of benzene rings is 1. The number of hydrogen-bond acceptors (Lipinski definition) is 5. The number of aromatic nitrogens is 4. The number of ether oxygens (including phenoxy) is 1. The van der Waals surface area contributed by atoms with Gasteiger partial charge in [0.05, 0.1) is 6.61 Å². The molecule has 0 saturated heterocycles. The molecule has 0 bridgehead atoms. The second-order valence-electron chi connectivity index (χ2n) is 6.80. The Hall–Kier alpha value is -2.65. The maximum Gasteiger partial charge on any atom is 0.433 e. The molecule has 6 nitrogen and oxygen atoms in total. The fraction of sp³-hybridized carbons (Fsp3) is 0.316. The van der Waals surface area contributed by atoms with Crippen LogP contribution in [0.4, 0.5) is 13.2 Å². The van der Waals surface area contributed by atoms with E-state index in [0.717, 1.165) is 0 Å². The lowest BCUT2D eigenvalue weighted by atomic mass is 9.84. The monoisotopic (exact) mass is 424 g/mol. The molecule has 2 heterocycles. The lowest BCUT2D eigenvalue weighted by Gasteiger charge is -2.34. The number of halogens is 4. The van der Waals surface area contributed by atoms with E-state index in [9.17, 15) is 18.3 Å². The first-order chi connectivity index (χ1) is 13.8. The van der Waals surface area contributed by atoms with Crippen LogP contribution >= 0.6 is 11.6 Å². The van der Waals surface area contributed by atoms with Gasteiger partial charge in [-0.1, -0.05) is 11.6 Å². The fourth-order valence-corrected chi connectivity index (χ4v) is 3.61. The van der Waals surface area contributed by atoms with Gasteiger partial charge < -0.3 is 9.84 Å². The quantitative estimate of drug-likeness (QED) is 0.639. The zero-order valence-corrected chi connectivity index (χ0v) is 15.7. The highest BCUT2D eigenvalue weighted by molar-refractivity contribution is 6.30. The summed E-state index contributed by atoms with van der Waals surface area (Å²) in [5.74, 6) is -0.126.